The minimum atomic E-state index is -3.97. The highest BCUT2D eigenvalue weighted by molar-refractivity contribution is 14.1. The zero-order chi connectivity index (χ0) is 20.4. The lowest BCUT2D eigenvalue weighted by atomic mass is 10.0. The maximum absolute atomic E-state index is 13.1. The summed E-state index contributed by atoms with van der Waals surface area (Å²) in [5.41, 5.74) is 2.98. The van der Waals surface area contributed by atoms with Gasteiger partial charge >= 0.3 is 0 Å². The molecule has 2 rings (SSSR count). The van der Waals surface area contributed by atoms with Crippen LogP contribution in [0.2, 0.25) is 0 Å². The molecule has 0 saturated heterocycles. The number of halogens is 3. The molecule has 146 valence electrons. The van der Waals surface area contributed by atoms with E-state index in [0.717, 1.165) is 33.8 Å². The Balaban J connectivity index is 2.53. The Morgan fingerprint density at radius 1 is 0.926 bits per heavy atom. The first-order valence-electron chi connectivity index (χ1n) is 8.50. The fourth-order valence-corrected chi connectivity index (χ4v) is 6.80. The minimum Gasteiger partial charge on any atom is -0.268 e. The van der Waals surface area contributed by atoms with Crippen LogP contribution in [0.3, 0.4) is 0 Å². The summed E-state index contributed by atoms with van der Waals surface area (Å²) in [7, 11) is -3.97. The van der Waals surface area contributed by atoms with Crippen LogP contribution in [0.25, 0.3) is 0 Å². The standard InChI is InChI=1S/C19H20I3NO3S/c1-4-11-7-12(5-2)18(13(6-3)8-11)27(25,26)23-19(24)15-9-14(20)10-16(21)17(15)22/h7-10H,4-6H2,1-3H3,(H,23,24). The SMILES string of the molecule is CCc1cc(CC)c(S(=O)(=O)NC(=O)c2cc(I)cc(I)c2I)c(CC)c1. The van der Waals surface area contributed by atoms with Gasteiger partial charge in [0.05, 0.1) is 10.5 Å². The quantitative estimate of drug-likeness (QED) is 0.325. The third kappa shape index (κ3) is 5.35. The number of aryl methyl sites for hydroxylation is 3. The highest BCUT2D eigenvalue weighted by Crippen LogP contribution is 2.26. The van der Waals surface area contributed by atoms with Crippen molar-refractivity contribution >= 4 is 83.7 Å². The van der Waals surface area contributed by atoms with Crippen molar-refractivity contribution in [1.29, 1.82) is 0 Å². The van der Waals surface area contributed by atoms with E-state index in [1.165, 1.54) is 0 Å². The number of hydrogen-bond donors (Lipinski definition) is 1. The van der Waals surface area contributed by atoms with Crippen LogP contribution in [0.5, 0.6) is 0 Å². The lowest BCUT2D eigenvalue weighted by Crippen LogP contribution is -2.32. The van der Waals surface area contributed by atoms with Gasteiger partial charge in [-0.1, -0.05) is 32.9 Å². The first kappa shape index (κ1) is 23.3. The van der Waals surface area contributed by atoms with Gasteiger partial charge in [0.2, 0.25) is 0 Å². The van der Waals surface area contributed by atoms with Crippen molar-refractivity contribution < 1.29 is 13.2 Å². The van der Waals surface area contributed by atoms with Gasteiger partial charge in [-0.15, -0.1) is 0 Å². The molecule has 0 aliphatic carbocycles. The summed E-state index contributed by atoms with van der Waals surface area (Å²) < 4.78 is 31.1. The molecule has 0 fully saturated rings. The van der Waals surface area contributed by atoms with E-state index in [-0.39, 0.29) is 4.90 Å². The zero-order valence-electron chi connectivity index (χ0n) is 15.2. The molecule has 0 unspecified atom stereocenters. The second-order valence-electron chi connectivity index (χ2n) is 5.99. The number of carbonyl (C=O) groups is 1. The predicted octanol–water partition coefficient (Wildman–Crippen LogP) is 5.31. The Bertz CT molecular complexity index is 963. The molecular formula is C19H20I3NO3S. The molecule has 8 heteroatoms. The van der Waals surface area contributed by atoms with Gasteiger partial charge in [0, 0.05) is 10.7 Å². The molecular weight excluding hydrogens is 703 g/mol. The van der Waals surface area contributed by atoms with Crippen molar-refractivity contribution in [3.63, 3.8) is 0 Å². The van der Waals surface area contributed by atoms with Crippen molar-refractivity contribution in [2.24, 2.45) is 0 Å². The van der Waals surface area contributed by atoms with E-state index in [0.29, 0.717) is 18.4 Å². The molecule has 0 heterocycles. The fourth-order valence-electron chi connectivity index (χ4n) is 2.85. The van der Waals surface area contributed by atoms with Gasteiger partial charge in [-0.2, -0.15) is 0 Å². The topological polar surface area (TPSA) is 63.2 Å². The van der Waals surface area contributed by atoms with Gasteiger partial charge in [0.15, 0.2) is 0 Å². The summed E-state index contributed by atoms with van der Waals surface area (Å²) >= 11 is 6.34. The fraction of sp³-hybridized carbons (Fsp3) is 0.316. The van der Waals surface area contributed by atoms with E-state index in [1.807, 2.05) is 39.0 Å². The van der Waals surface area contributed by atoms with Crippen molar-refractivity contribution in [2.75, 3.05) is 0 Å². The smallest absolute Gasteiger partial charge is 0.266 e. The van der Waals surface area contributed by atoms with Crippen molar-refractivity contribution in [3.05, 3.63) is 57.2 Å². The van der Waals surface area contributed by atoms with E-state index in [1.54, 1.807) is 6.07 Å². The van der Waals surface area contributed by atoms with Crippen LogP contribution in [-0.4, -0.2) is 14.3 Å². The summed E-state index contributed by atoms with van der Waals surface area (Å²) in [6.45, 7) is 5.91. The largest absolute Gasteiger partial charge is 0.268 e. The first-order chi connectivity index (χ1) is 12.6. The Morgan fingerprint density at radius 2 is 1.48 bits per heavy atom. The summed E-state index contributed by atoms with van der Waals surface area (Å²) in [6, 6.07) is 7.51. The third-order valence-corrected chi connectivity index (χ3v) is 9.39. The molecule has 2 aromatic carbocycles. The summed E-state index contributed by atoms with van der Waals surface area (Å²) in [6.07, 6.45) is 2.01. The van der Waals surface area contributed by atoms with Gasteiger partial charge in [-0.25, -0.2) is 13.1 Å². The Hall–Kier alpha value is 0.0500. The second-order valence-corrected chi connectivity index (χ2v) is 11.1. The van der Waals surface area contributed by atoms with E-state index in [2.05, 4.69) is 72.5 Å². The molecule has 0 radical (unpaired) electrons. The van der Waals surface area contributed by atoms with Gasteiger partial charge in [-0.3, -0.25) is 4.79 Å². The van der Waals surface area contributed by atoms with Crippen LogP contribution >= 0.6 is 67.8 Å². The summed E-state index contributed by atoms with van der Waals surface area (Å²) in [4.78, 5) is 13.0. The summed E-state index contributed by atoms with van der Waals surface area (Å²) in [5, 5.41) is 0. The van der Waals surface area contributed by atoms with Crippen LogP contribution in [0.15, 0.2) is 29.2 Å². The molecule has 0 aromatic heterocycles. The number of benzene rings is 2. The van der Waals surface area contributed by atoms with Crippen molar-refractivity contribution in [2.45, 2.75) is 44.9 Å². The highest BCUT2D eigenvalue weighted by atomic mass is 127. The number of sulfonamides is 1. The second kappa shape index (κ2) is 9.70. The van der Waals surface area contributed by atoms with Crippen LogP contribution < -0.4 is 4.72 Å². The van der Waals surface area contributed by atoms with E-state index in [9.17, 15) is 13.2 Å². The van der Waals surface area contributed by atoms with Gasteiger partial charge in [0.1, 0.15) is 0 Å². The number of rotatable bonds is 6. The minimum absolute atomic E-state index is 0.244. The molecule has 27 heavy (non-hydrogen) atoms. The highest BCUT2D eigenvalue weighted by Gasteiger charge is 2.26. The van der Waals surface area contributed by atoms with Crippen molar-refractivity contribution in [1.82, 2.24) is 4.72 Å². The van der Waals surface area contributed by atoms with E-state index < -0.39 is 15.9 Å². The average Bonchev–Trinajstić information content (AvgIpc) is 2.62. The van der Waals surface area contributed by atoms with E-state index in [4.69, 9.17) is 0 Å². The zero-order valence-corrected chi connectivity index (χ0v) is 22.5. The van der Waals surface area contributed by atoms with Crippen LogP contribution in [0, 0.1) is 10.7 Å². The normalized spacial score (nSPS) is 11.5. The number of hydrogen-bond acceptors (Lipinski definition) is 3. The van der Waals surface area contributed by atoms with Crippen LogP contribution in [0.1, 0.15) is 47.8 Å². The maximum atomic E-state index is 13.1. The van der Waals surface area contributed by atoms with Crippen LogP contribution in [-0.2, 0) is 29.3 Å². The third-order valence-electron chi connectivity index (χ3n) is 4.21. The van der Waals surface area contributed by atoms with Gasteiger partial charge < -0.3 is 0 Å². The molecule has 2 aromatic rings. The lowest BCUT2D eigenvalue weighted by molar-refractivity contribution is 0.0980. The molecule has 0 atom stereocenters. The molecule has 0 saturated carbocycles. The average molecular weight is 723 g/mol. The Kier molecular flexibility index (Phi) is 8.38. The molecule has 0 aliphatic rings. The number of carbonyl (C=O) groups excluding carboxylic acids is 1. The van der Waals surface area contributed by atoms with Crippen molar-refractivity contribution in [3.8, 4) is 0 Å². The molecule has 0 spiro atoms. The molecule has 0 aliphatic heterocycles. The molecule has 1 N–H and O–H groups in total. The molecule has 1 amide bonds. The predicted molar refractivity (Wildman–Crippen MR) is 134 cm³/mol. The Morgan fingerprint density at radius 3 is 1.96 bits per heavy atom. The molecule has 4 nitrogen and oxygen atoms in total. The lowest BCUT2D eigenvalue weighted by Gasteiger charge is -2.17. The first-order valence-corrected chi connectivity index (χ1v) is 13.2. The summed E-state index contributed by atoms with van der Waals surface area (Å²) in [5.74, 6) is -0.598. The van der Waals surface area contributed by atoms with E-state index >= 15 is 0 Å². The monoisotopic (exact) mass is 723 g/mol. The van der Waals surface area contributed by atoms with Crippen LogP contribution in [0.4, 0.5) is 0 Å². The number of nitrogens with one attached hydrogen (secondary N) is 1. The Labute approximate surface area is 201 Å². The molecule has 0 bridgehead atoms. The number of amides is 1. The maximum Gasteiger partial charge on any atom is 0.266 e. The van der Waals surface area contributed by atoms with Gasteiger partial charge in [0.25, 0.3) is 15.9 Å². The van der Waals surface area contributed by atoms with Gasteiger partial charge in [-0.05, 0) is 116 Å².